The van der Waals surface area contributed by atoms with Crippen LogP contribution in [0.1, 0.15) is 38.7 Å². The van der Waals surface area contributed by atoms with E-state index in [9.17, 15) is 26.4 Å². The lowest BCUT2D eigenvalue weighted by molar-refractivity contribution is -0.150. The zero-order valence-corrected chi connectivity index (χ0v) is 22.4. The van der Waals surface area contributed by atoms with E-state index in [1.165, 1.54) is 19.1 Å². The summed E-state index contributed by atoms with van der Waals surface area (Å²) in [5.41, 5.74) is -0.594. The lowest BCUT2D eigenvalue weighted by Crippen LogP contribution is -2.34. The Kier molecular flexibility index (Phi) is 8.51. The summed E-state index contributed by atoms with van der Waals surface area (Å²) in [6, 6.07) is 3.73. The van der Waals surface area contributed by atoms with E-state index < -0.39 is 65.5 Å². The van der Waals surface area contributed by atoms with Crippen LogP contribution in [0.2, 0.25) is 5.02 Å². The standard InChI is InChI=1S/C23H27ClFNO8S2/c1-13(2)11-18(27)33-7-8-34-23(28)19-14(3)26-17-12-35(29,30)9-10-36(31,32)22(17)21(19)20-15(24)5-4-6-16(20)25/h4-6,13,21,26H,7-12H2,1-3H3. The van der Waals surface area contributed by atoms with Gasteiger partial charge in [0.25, 0.3) is 0 Å². The maximum absolute atomic E-state index is 15.1. The second kappa shape index (κ2) is 10.9. The molecule has 0 saturated heterocycles. The number of esters is 2. The molecule has 3 rings (SSSR count). The second-order valence-electron chi connectivity index (χ2n) is 8.94. The Morgan fingerprint density at radius 1 is 1.14 bits per heavy atom. The SMILES string of the molecule is CC1=C(C(=O)OCCOC(=O)CC(C)C)C(c2c(F)cccc2Cl)C2=C(CS(=O)(=O)CCS2(=O)=O)N1. The summed E-state index contributed by atoms with van der Waals surface area (Å²) in [5.74, 6) is -5.76. The van der Waals surface area contributed by atoms with Crippen LogP contribution in [0.5, 0.6) is 0 Å². The van der Waals surface area contributed by atoms with Crippen LogP contribution in [0.15, 0.2) is 40.1 Å². The first-order valence-corrected chi connectivity index (χ1v) is 15.0. The number of rotatable bonds is 7. The highest BCUT2D eigenvalue weighted by Gasteiger charge is 2.45. The molecule has 0 aliphatic carbocycles. The molecule has 1 atom stereocenters. The molecule has 0 bridgehead atoms. The Balaban J connectivity index is 2.02. The van der Waals surface area contributed by atoms with Crippen molar-refractivity contribution in [3.63, 3.8) is 0 Å². The monoisotopic (exact) mass is 563 g/mol. The van der Waals surface area contributed by atoms with E-state index in [1.54, 1.807) is 0 Å². The molecule has 13 heteroatoms. The fourth-order valence-electron chi connectivity index (χ4n) is 4.08. The van der Waals surface area contributed by atoms with Crippen molar-refractivity contribution in [3.8, 4) is 0 Å². The molecule has 0 fully saturated rings. The lowest BCUT2D eigenvalue weighted by atomic mass is 9.86. The lowest BCUT2D eigenvalue weighted by Gasteiger charge is -2.31. The van der Waals surface area contributed by atoms with Crippen molar-refractivity contribution in [2.75, 3.05) is 30.5 Å². The third-order valence-corrected chi connectivity index (χ3v) is 9.65. The molecule has 0 radical (unpaired) electrons. The van der Waals surface area contributed by atoms with Crippen molar-refractivity contribution in [2.45, 2.75) is 33.1 Å². The van der Waals surface area contributed by atoms with Gasteiger partial charge >= 0.3 is 11.9 Å². The summed E-state index contributed by atoms with van der Waals surface area (Å²) < 4.78 is 76.7. The van der Waals surface area contributed by atoms with Gasteiger partial charge in [-0.05, 0) is 25.0 Å². The number of halogens is 2. The predicted molar refractivity (Wildman–Crippen MR) is 131 cm³/mol. The van der Waals surface area contributed by atoms with Crippen LogP contribution in [0.25, 0.3) is 0 Å². The van der Waals surface area contributed by atoms with E-state index in [0.717, 1.165) is 6.07 Å². The van der Waals surface area contributed by atoms with Crippen LogP contribution < -0.4 is 5.32 Å². The first-order valence-electron chi connectivity index (χ1n) is 11.1. The molecule has 2 aliphatic heterocycles. The van der Waals surface area contributed by atoms with Crippen LogP contribution >= 0.6 is 11.6 Å². The van der Waals surface area contributed by atoms with Crippen LogP contribution in [-0.2, 0) is 38.7 Å². The summed E-state index contributed by atoms with van der Waals surface area (Å²) in [5, 5.41) is 2.58. The molecule has 198 valence electrons. The Bertz CT molecular complexity index is 1330. The summed E-state index contributed by atoms with van der Waals surface area (Å²) in [6.45, 7) is 4.55. The highest BCUT2D eigenvalue weighted by molar-refractivity contribution is 7.98. The quantitative estimate of drug-likeness (QED) is 0.392. The largest absolute Gasteiger partial charge is 0.462 e. The van der Waals surface area contributed by atoms with Gasteiger partial charge in [-0.25, -0.2) is 26.0 Å². The molecule has 0 spiro atoms. The van der Waals surface area contributed by atoms with Crippen LogP contribution in [0, 0.1) is 11.7 Å². The molecular weight excluding hydrogens is 537 g/mol. The molecular formula is C23H27ClFNO8S2. The molecule has 1 N–H and O–H groups in total. The minimum absolute atomic E-state index is 0.0836. The highest BCUT2D eigenvalue weighted by Crippen LogP contribution is 2.45. The number of benzene rings is 1. The molecule has 0 aromatic heterocycles. The number of sulfone groups is 2. The van der Waals surface area contributed by atoms with Gasteiger partial charge < -0.3 is 14.8 Å². The molecule has 9 nitrogen and oxygen atoms in total. The van der Waals surface area contributed by atoms with Crippen LogP contribution in [0.3, 0.4) is 0 Å². The summed E-state index contributed by atoms with van der Waals surface area (Å²) in [6.07, 6.45) is 0.188. The molecule has 1 aromatic rings. The summed E-state index contributed by atoms with van der Waals surface area (Å²) in [7, 11) is -8.05. The van der Waals surface area contributed by atoms with E-state index in [0.29, 0.717) is 0 Å². The Hall–Kier alpha value is -2.44. The van der Waals surface area contributed by atoms with E-state index in [2.05, 4.69) is 5.32 Å². The number of hydrogen-bond donors (Lipinski definition) is 1. The van der Waals surface area contributed by atoms with Gasteiger partial charge in [0.2, 0.25) is 0 Å². The molecule has 1 aromatic carbocycles. The highest BCUT2D eigenvalue weighted by atomic mass is 35.5. The fraction of sp³-hybridized carbons (Fsp3) is 0.478. The van der Waals surface area contributed by atoms with Gasteiger partial charge in [0, 0.05) is 28.4 Å². The molecule has 2 aliphatic rings. The summed E-state index contributed by atoms with van der Waals surface area (Å²) in [4.78, 5) is 24.5. The van der Waals surface area contributed by atoms with Gasteiger partial charge in [-0.15, -0.1) is 0 Å². The van der Waals surface area contributed by atoms with E-state index in [4.69, 9.17) is 21.1 Å². The molecule has 2 heterocycles. The number of nitrogens with one attached hydrogen (secondary N) is 1. The first-order chi connectivity index (χ1) is 16.7. The van der Waals surface area contributed by atoms with Crippen molar-refractivity contribution in [2.24, 2.45) is 5.92 Å². The number of dihydropyridines is 1. The Morgan fingerprint density at radius 2 is 1.81 bits per heavy atom. The number of allylic oxidation sites excluding steroid dienone is 2. The van der Waals surface area contributed by atoms with Gasteiger partial charge in [0.15, 0.2) is 19.7 Å². The molecule has 0 saturated carbocycles. The smallest absolute Gasteiger partial charge is 0.336 e. The van der Waals surface area contributed by atoms with Crippen LogP contribution in [-0.4, -0.2) is 59.2 Å². The number of carbonyl (C=O) groups is 2. The number of ether oxygens (including phenoxy) is 2. The van der Waals surface area contributed by atoms with Crippen molar-refractivity contribution >= 4 is 43.2 Å². The maximum atomic E-state index is 15.1. The van der Waals surface area contributed by atoms with Crippen molar-refractivity contribution in [1.29, 1.82) is 0 Å². The Morgan fingerprint density at radius 3 is 2.44 bits per heavy atom. The third-order valence-electron chi connectivity index (χ3n) is 5.62. The van der Waals surface area contributed by atoms with Gasteiger partial charge in [-0.3, -0.25) is 4.79 Å². The van der Waals surface area contributed by atoms with E-state index in [1.807, 2.05) is 13.8 Å². The molecule has 1 unspecified atom stereocenters. The van der Waals surface area contributed by atoms with Crippen molar-refractivity contribution in [3.05, 3.63) is 56.5 Å². The zero-order valence-electron chi connectivity index (χ0n) is 20.0. The normalized spacial score (nSPS) is 20.9. The third kappa shape index (κ3) is 6.27. The first kappa shape index (κ1) is 28.1. The average Bonchev–Trinajstić information content (AvgIpc) is 2.83. The van der Waals surface area contributed by atoms with Gasteiger partial charge in [-0.1, -0.05) is 31.5 Å². The predicted octanol–water partition coefficient (Wildman–Crippen LogP) is 2.63. The summed E-state index contributed by atoms with van der Waals surface area (Å²) >= 11 is 6.28. The van der Waals surface area contributed by atoms with E-state index in [-0.39, 0.29) is 53.1 Å². The minimum atomic E-state index is -4.26. The minimum Gasteiger partial charge on any atom is -0.462 e. The van der Waals surface area contributed by atoms with Gasteiger partial charge in [0.05, 0.1) is 33.7 Å². The fourth-order valence-corrected chi connectivity index (χ4v) is 8.47. The second-order valence-corrected chi connectivity index (χ2v) is 13.6. The zero-order chi connectivity index (χ0) is 26.8. The Labute approximate surface area is 214 Å². The number of hydrogen-bond acceptors (Lipinski definition) is 9. The van der Waals surface area contributed by atoms with E-state index >= 15 is 4.39 Å². The van der Waals surface area contributed by atoms with Gasteiger partial charge in [-0.2, -0.15) is 0 Å². The van der Waals surface area contributed by atoms with Crippen molar-refractivity contribution < 1.29 is 40.3 Å². The maximum Gasteiger partial charge on any atom is 0.336 e. The topological polar surface area (TPSA) is 133 Å². The molecule has 0 amide bonds. The molecule has 36 heavy (non-hydrogen) atoms. The number of carbonyl (C=O) groups excluding carboxylic acids is 2. The van der Waals surface area contributed by atoms with Crippen molar-refractivity contribution in [1.82, 2.24) is 5.32 Å². The van der Waals surface area contributed by atoms with Crippen LogP contribution in [0.4, 0.5) is 4.39 Å². The van der Waals surface area contributed by atoms with Gasteiger partial charge in [0.1, 0.15) is 19.0 Å². The average molecular weight is 564 g/mol.